The van der Waals surface area contributed by atoms with Gasteiger partial charge >= 0.3 is 0 Å². The molecule has 0 aliphatic rings. The van der Waals surface area contributed by atoms with Crippen LogP contribution in [0.15, 0.2) is 11.0 Å². The van der Waals surface area contributed by atoms with Gasteiger partial charge in [0.1, 0.15) is 0 Å². The lowest BCUT2D eigenvalue weighted by Crippen LogP contribution is -2.25. The van der Waals surface area contributed by atoms with Gasteiger partial charge in [0.05, 0.1) is 6.20 Å². The highest BCUT2D eigenvalue weighted by Gasteiger charge is 2.08. The van der Waals surface area contributed by atoms with Gasteiger partial charge in [-0.3, -0.25) is 9.59 Å². The highest BCUT2D eigenvalue weighted by atomic mass is 19.1. The lowest BCUT2D eigenvalue weighted by molar-refractivity contribution is 0.0992. The van der Waals surface area contributed by atoms with Crippen LogP contribution >= 0.6 is 0 Å². The molecule has 1 aromatic rings. The molecule has 13 heavy (non-hydrogen) atoms. The van der Waals surface area contributed by atoms with Crippen molar-refractivity contribution in [3.63, 3.8) is 0 Å². The number of rotatable bonds is 1. The molecule has 5 nitrogen and oxygen atoms in total. The Labute approximate surface area is 73.8 Å². The average molecular weight is 187 g/mol. The molecule has 1 rings (SSSR count). The Morgan fingerprint density at radius 2 is 2.15 bits per heavy atom. The first-order valence-electron chi connectivity index (χ1n) is 3.66. The fraction of sp³-hybridized carbons (Fsp3) is 0.286. The lowest BCUT2D eigenvalue weighted by Gasteiger charge is -1.91. The molecule has 0 saturated heterocycles. The van der Waals surface area contributed by atoms with Crippen LogP contribution in [0.4, 0.5) is 4.39 Å². The normalized spacial score (nSPS) is 8.54. The van der Waals surface area contributed by atoms with Gasteiger partial charge in [-0.15, -0.1) is 0 Å². The van der Waals surface area contributed by atoms with Gasteiger partial charge in [0, 0.05) is 0 Å². The summed E-state index contributed by atoms with van der Waals surface area (Å²) in [5.74, 6) is -2.00. The van der Waals surface area contributed by atoms with Gasteiger partial charge in [0.2, 0.25) is 5.95 Å². The predicted molar refractivity (Wildman–Crippen MR) is 44.7 cm³/mol. The van der Waals surface area contributed by atoms with E-state index in [2.05, 4.69) is 4.98 Å². The van der Waals surface area contributed by atoms with Crippen LogP contribution in [0.1, 0.15) is 24.3 Å². The molecule has 6 heteroatoms. The van der Waals surface area contributed by atoms with Crippen molar-refractivity contribution in [2.45, 2.75) is 13.8 Å². The van der Waals surface area contributed by atoms with Crippen LogP contribution in [0.2, 0.25) is 0 Å². The largest absolute Gasteiger partial charge is 0.364 e. The SMILES string of the molecule is CC.NC(=O)c1nc(F)c[nH]c1=O. The highest BCUT2D eigenvalue weighted by molar-refractivity contribution is 5.90. The first-order chi connectivity index (χ1) is 6.11. The Balaban J connectivity index is 0.000000671. The molecule has 0 bridgehead atoms. The van der Waals surface area contributed by atoms with Crippen LogP contribution in [0, 0.1) is 5.95 Å². The second-order valence-electron chi connectivity index (χ2n) is 1.77. The van der Waals surface area contributed by atoms with Gasteiger partial charge in [0.15, 0.2) is 5.69 Å². The predicted octanol–water partition coefficient (Wildman–Crippen LogP) is 0.0341. The van der Waals surface area contributed by atoms with Crippen LogP contribution in [0.5, 0.6) is 0 Å². The van der Waals surface area contributed by atoms with Gasteiger partial charge in [-0.2, -0.15) is 4.39 Å². The van der Waals surface area contributed by atoms with Gasteiger partial charge in [0.25, 0.3) is 11.5 Å². The van der Waals surface area contributed by atoms with E-state index >= 15 is 0 Å². The molecule has 1 amide bonds. The zero-order valence-corrected chi connectivity index (χ0v) is 7.30. The number of aromatic nitrogens is 2. The molecule has 3 N–H and O–H groups in total. The number of carbonyl (C=O) groups excluding carboxylic acids is 1. The molecule has 0 aliphatic carbocycles. The van der Waals surface area contributed by atoms with Crippen molar-refractivity contribution < 1.29 is 9.18 Å². The zero-order chi connectivity index (χ0) is 10.4. The number of hydrogen-bond donors (Lipinski definition) is 2. The Morgan fingerprint density at radius 1 is 1.62 bits per heavy atom. The molecule has 1 aromatic heterocycles. The molecule has 0 aromatic carbocycles. The minimum absolute atomic E-state index is 0.620. The molecule has 0 radical (unpaired) electrons. The third-order valence-corrected chi connectivity index (χ3v) is 0.989. The Bertz CT molecular complexity index is 348. The third kappa shape index (κ3) is 3.02. The number of primary amides is 1. The summed E-state index contributed by atoms with van der Waals surface area (Å²) in [6.07, 6.45) is 0.745. The number of nitrogens with one attached hydrogen (secondary N) is 1. The van der Waals surface area contributed by atoms with Gasteiger partial charge in [-0.25, -0.2) is 4.98 Å². The number of aromatic amines is 1. The van der Waals surface area contributed by atoms with E-state index in [4.69, 9.17) is 5.73 Å². The van der Waals surface area contributed by atoms with Crippen molar-refractivity contribution >= 4 is 5.91 Å². The molecule has 0 fully saturated rings. The van der Waals surface area contributed by atoms with Crippen LogP contribution in [0.25, 0.3) is 0 Å². The zero-order valence-electron chi connectivity index (χ0n) is 7.30. The van der Waals surface area contributed by atoms with E-state index in [1.54, 1.807) is 0 Å². The fourth-order valence-electron chi connectivity index (χ4n) is 0.550. The van der Waals surface area contributed by atoms with Crippen LogP contribution < -0.4 is 11.3 Å². The van der Waals surface area contributed by atoms with Crippen molar-refractivity contribution in [3.8, 4) is 0 Å². The van der Waals surface area contributed by atoms with Crippen molar-refractivity contribution in [2.24, 2.45) is 5.73 Å². The van der Waals surface area contributed by atoms with E-state index in [0.717, 1.165) is 6.20 Å². The van der Waals surface area contributed by atoms with E-state index in [0.29, 0.717) is 0 Å². The molecular weight excluding hydrogens is 177 g/mol. The second kappa shape index (κ2) is 5.02. The van der Waals surface area contributed by atoms with E-state index in [1.165, 1.54) is 0 Å². The molecule has 0 atom stereocenters. The lowest BCUT2D eigenvalue weighted by atomic mass is 10.4. The maximum atomic E-state index is 12.2. The first kappa shape index (κ1) is 11.3. The van der Waals surface area contributed by atoms with Crippen molar-refractivity contribution in [3.05, 3.63) is 28.2 Å². The van der Waals surface area contributed by atoms with Crippen molar-refractivity contribution in [1.82, 2.24) is 9.97 Å². The van der Waals surface area contributed by atoms with E-state index < -0.39 is 23.1 Å². The Morgan fingerprint density at radius 3 is 2.54 bits per heavy atom. The van der Waals surface area contributed by atoms with Gasteiger partial charge < -0.3 is 10.7 Å². The van der Waals surface area contributed by atoms with Crippen LogP contribution in [-0.2, 0) is 0 Å². The number of nitrogens with two attached hydrogens (primary N) is 1. The van der Waals surface area contributed by atoms with Gasteiger partial charge in [-0.1, -0.05) is 13.8 Å². The molecule has 0 aliphatic heterocycles. The minimum Gasteiger partial charge on any atom is -0.364 e. The van der Waals surface area contributed by atoms with Crippen molar-refractivity contribution in [1.29, 1.82) is 0 Å². The number of carbonyl (C=O) groups is 1. The minimum atomic E-state index is -1.05. The third-order valence-electron chi connectivity index (χ3n) is 0.989. The molecule has 0 spiro atoms. The first-order valence-corrected chi connectivity index (χ1v) is 3.66. The number of amides is 1. The number of halogens is 1. The number of nitrogens with zero attached hydrogens (tertiary/aromatic N) is 1. The maximum absolute atomic E-state index is 12.2. The van der Waals surface area contributed by atoms with Crippen molar-refractivity contribution in [2.75, 3.05) is 0 Å². The summed E-state index contributed by atoms with van der Waals surface area (Å²) in [7, 11) is 0. The van der Waals surface area contributed by atoms with Gasteiger partial charge in [-0.05, 0) is 0 Å². The molecule has 72 valence electrons. The summed E-state index contributed by atoms with van der Waals surface area (Å²) in [6.45, 7) is 4.00. The molecule has 0 saturated carbocycles. The average Bonchev–Trinajstić information content (AvgIpc) is 2.12. The topological polar surface area (TPSA) is 88.8 Å². The Hall–Kier alpha value is -1.72. The monoisotopic (exact) mass is 187 g/mol. The highest BCUT2D eigenvalue weighted by Crippen LogP contribution is 1.86. The number of H-pyrrole nitrogens is 1. The summed E-state index contributed by atoms with van der Waals surface area (Å²) in [4.78, 5) is 25.9. The van der Waals surface area contributed by atoms with Crippen LogP contribution in [-0.4, -0.2) is 15.9 Å². The summed E-state index contributed by atoms with van der Waals surface area (Å²) in [5, 5.41) is 0. The molecular formula is C7H10FN3O2. The molecule has 1 heterocycles. The van der Waals surface area contributed by atoms with E-state index in [-0.39, 0.29) is 0 Å². The number of hydrogen-bond acceptors (Lipinski definition) is 3. The summed E-state index contributed by atoms with van der Waals surface area (Å²) in [6, 6.07) is 0. The quantitative estimate of drug-likeness (QED) is 0.650. The van der Waals surface area contributed by atoms with Crippen LogP contribution in [0.3, 0.4) is 0 Å². The molecule has 0 unspecified atom stereocenters. The standard InChI is InChI=1S/C5H4FN3O2.C2H6/c6-2-1-8-5(11)3(9-2)4(7)10;1-2/h1H,(H2,7,10)(H,8,11);1-2H3. The summed E-state index contributed by atoms with van der Waals surface area (Å²) < 4.78 is 12.2. The fourth-order valence-corrected chi connectivity index (χ4v) is 0.550. The Kier molecular flexibility index (Phi) is 4.36. The summed E-state index contributed by atoms with van der Waals surface area (Å²) in [5.41, 5.74) is 3.28. The maximum Gasteiger partial charge on any atom is 0.279 e. The smallest absolute Gasteiger partial charge is 0.279 e. The van der Waals surface area contributed by atoms with E-state index in [1.807, 2.05) is 18.8 Å². The summed E-state index contributed by atoms with van der Waals surface area (Å²) >= 11 is 0. The second-order valence-corrected chi connectivity index (χ2v) is 1.77. The van der Waals surface area contributed by atoms with E-state index in [9.17, 15) is 14.0 Å².